The number of hydrogen-bond acceptors (Lipinski definition) is 4. The van der Waals surface area contributed by atoms with Gasteiger partial charge in [0.2, 0.25) is 0 Å². The zero-order valence-electron chi connectivity index (χ0n) is 13.6. The number of halogens is 4. The third-order valence-corrected chi connectivity index (χ3v) is 3.30. The van der Waals surface area contributed by atoms with Crippen LogP contribution in [0.1, 0.15) is 5.56 Å². The van der Waals surface area contributed by atoms with E-state index in [0.717, 1.165) is 12.1 Å². The van der Waals surface area contributed by atoms with Crippen molar-refractivity contribution >= 4 is 35.2 Å². The molecule has 0 saturated heterocycles. The van der Waals surface area contributed by atoms with E-state index in [1.165, 1.54) is 42.5 Å². The Morgan fingerprint density at radius 2 is 1.85 bits per heavy atom. The predicted octanol–water partition coefficient (Wildman–Crippen LogP) is 4.28. The van der Waals surface area contributed by atoms with Crippen LogP contribution in [0.2, 0.25) is 5.02 Å². The normalized spacial score (nSPS) is 10.9. The summed E-state index contributed by atoms with van der Waals surface area (Å²) >= 11 is 5.60. The minimum atomic E-state index is -2.92. The maximum absolute atomic E-state index is 13.5. The molecule has 0 saturated carbocycles. The van der Waals surface area contributed by atoms with Crippen molar-refractivity contribution in [2.75, 3.05) is 11.9 Å². The van der Waals surface area contributed by atoms with Gasteiger partial charge in [0.1, 0.15) is 11.6 Å². The van der Waals surface area contributed by atoms with Crippen molar-refractivity contribution in [3.63, 3.8) is 0 Å². The van der Waals surface area contributed by atoms with Crippen molar-refractivity contribution in [2.24, 2.45) is 0 Å². The molecule has 0 aliphatic heterocycles. The van der Waals surface area contributed by atoms with Crippen LogP contribution in [-0.4, -0.2) is 25.1 Å². The molecule has 9 heteroatoms. The molecule has 0 fully saturated rings. The van der Waals surface area contributed by atoms with Gasteiger partial charge in [-0.05, 0) is 42.0 Å². The number of benzene rings is 2. The molecule has 0 atom stereocenters. The van der Waals surface area contributed by atoms with Crippen molar-refractivity contribution < 1.29 is 32.2 Å². The molecule has 0 aromatic heterocycles. The lowest BCUT2D eigenvalue weighted by atomic mass is 10.2. The van der Waals surface area contributed by atoms with E-state index in [-0.39, 0.29) is 16.5 Å². The molecule has 0 bridgehead atoms. The summed E-state index contributed by atoms with van der Waals surface area (Å²) in [5, 5.41) is 2.42. The van der Waals surface area contributed by atoms with Crippen LogP contribution >= 0.6 is 11.6 Å². The van der Waals surface area contributed by atoms with Gasteiger partial charge in [-0.3, -0.25) is 4.79 Å². The number of hydrogen-bond donors (Lipinski definition) is 1. The van der Waals surface area contributed by atoms with Gasteiger partial charge in [0.15, 0.2) is 6.61 Å². The number of carbonyl (C=O) groups excluding carboxylic acids is 2. The van der Waals surface area contributed by atoms with Crippen molar-refractivity contribution in [1.29, 1.82) is 0 Å². The first-order valence-electron chi connectivity index (χ1n) is 7.48. The van der Waals surface area contributed by atoms with Crippen LogP contribution in [0.5, 0.6) is 5.75 Å². The Kier molecular flexibility index (Phi) is 7.25. The highest BCUT2D eigenvalue weighted by Crippen LogP contribution is 2.19. The molecule has 2 rings (SSSR count). The lowest BCUT2D eigenvalue weighted by molar-refractivity contribution is -0.142. The van der Waals surface area contributed by atoms with E-state index in [9.17, 15) is 22.8 Å². The zero-order chi connectivity index (χ0) is 19.8. The standard InChI is InChI=1S/C18H13ClF3NO4/c19-12-4-7-15(14(20)9-12)23-16(24)10-26-17(25)8-3-11-1-5-13(6-2-11)27-18(21)22/h1-9,18H,10H2,(H,23,24)/b8-3+. The molecular weight excluding hydrogens is 387 g/mol. The number of rotatable bonds is 7. The first-order valence-corrected chi connectivity index (χ1v) is 7.86. The lowest BCUT2D eigenvalue weighted by Crippen LogP contribution is -2.20. The first-order chi connectivity index (χ1) is 12.8. The number of carbonyl (C=O) groups is 2. The summed E-state index contributed by atoms with van der Waals surface area (Å²) < 4.78 is 46.6. The van der Waals surface area contributed by atoms with Gasteiger partial charge in [0.05, 0.1) is 5.69 Å². The third kappa shape index (κ3) is 7.02. The lowest BCUT2D eigenvalue weighted by Gasteiger charge is -2.06. The molecular formula is C18H13ClF3NO4. The molecule has 142 valence electrons. The molecule has 0 unspecified atom stereocenters. The Morgan fingerprint density at radius 3 is 2.48 bits per heavy atom. The zero-order valence-corrected chi connectivity index (χ0v) is 14.4. The number of alkyl halides is 2. The van der Waals surface area contributed by atoms with Crippen molar-refractivity contribution in [3.05, 3.63) is 64.9 Å². The molecule has 1 amide bonds. The Balaban J connectivity index is 1.81. The fourth-order valence-corrected chi connectivity index (χ4v) is 2.05. The minimum absolute atomic E-state index is 0.0178. The fourth-order valence-electron chi connectivity index (χ4n) is 1.89. The van der Waals surface area contributed by atoms with E-state index >= 15 is 0 Å². The van der Waals surface area contributed by atoms with E-state index in [0.29, 0.717) is 5.56 Å². The summed E-state index contributed by atoms with van der Waals surface area (Å²) in [4.78, 5) is 23.3. The maximum Gasteiger partial charge on any atom is 0.387 e. The van der Waals surface area contributed by atoms with Gasteiger partial charge in [0, 0.05) is 11.1 Å². The number of ether oxygens (including phenoxy) is 2. The molecule has 2 aromatic carbocycles. The summed E-state index contributed by atoms with van der Waals surface area (Å²) in [5.41, 5.74) is 0.434. The van der Waals surface area contributed by atoms with Crippen LogP contribution in [-0.2, 0) is 14.3 Å². The topological polar surface area (TPSA) is 64.6 Å². The Hall–Kier alpha value is -3.00. The highest BCUT2D eigenvalue weighted by Gasteiger charge is 2.09. The summed E-state index contributed by atoms with van der Waals surface area (Å²) in [6.07, 6.45) is 2.42. The quantitative estimate of drug-likeness (QED) is 0.557. The second kappa shape index (κ2) is 9.63. The summed E-state index contributed by atoms with van der Waals surface area (Å²) in [6, 6.07) is 9.24. The van der Waals surface area contributed by atoms with Crippen molar-refractivity contribution in [3.8, 4) is 5.75 Å². The maximum atomic E-state index is 13.5. The van der Waals surface area contributed by atoms with Gasteiger partial charge in [-0.25, -0.2) is 9.18 Å². The minimum Gasteiger partial charge on any atom is -0.452 e. The van der Waals surface area contributed by atoms with Crippen LogP contribution in [0.15, 0.2) is 48.5 Å². The molecule has 0 aliphatic rings. The Morgan fingerprint density at radius 1 is 1.15 bits per heavy atom. The average molecular weight is 400 g/mol. The Labute approximate surface area is 157 Å². The van der Waals surface area contributed by atoms with Crippen molar-refractivity contribution in [1.82, 2.24) is 0 Å². The highest BCUT2D eigenvalue weighted by molar-refractivity contribution is 6.30. The predicted molar refractivity (Wildman–Crippen MR) is 93.1 cm³/mol. The molecule has 1 N–H and O–H groups in total. The van der Waals surface area contributed by atoms with E-state index < -0.39 is 30.9 Å². The van der Waals surface area contributed by atoms with Gasteiger partial charge < -0.3 is 14.8 Å². The van der Waals surface area contributed by atoms with E-state index in [2.05, 4.69) is 10.1 Å². The monoisotopic (exact) mass is 399 g/mol. The molecule has 2 aromatic rings. The van der Waals surface area contributed by atoms with E-state index in [4.69, 9.17) is 16.3 Å². The number of amides is 1. The summed E-state index contributed by atoms with van der Waals surface area (Å²) in [7, 11) is 0. The molecule has 5 nitrogen and oxygen atoms in total. The Bertz CT molecular complexity index is 841. The second-order valence-electron chi connectivity index (χ2n) is 5.06. The van der Waals surface area contributed by atoms with Crippen LogP contribution in [0.25, 0.3) is 6.08 Å². The molecule has 27 heavy (non-hydrogen) atoms. The average Bonchev–Trinajstić information content (AvgIpc) is 2.61. The summed E-state index contributed by atoms with van der Waals surface area (Å²) in [6.45, 7) is -3.54. The van der Waals surface area contributed by atoms with Crippen LogP contribution < -0.4 is 10.1 Å². The van der Waals surface area contributed by atoms with Crippen molar-refractivity contribution in [2.45, 2.75) is 6.61 Å². The first kappa shape index (κ1) is 20.3. The van der Waals surface area contributed by atoms with Gasteiger partial charge in [0.25, 0.3) is 5.91 Å². The molecule has 0 radical (unpaired) electrons. The van der Waals surface area contributed by atoms with Gasteiger partial charge >= 0.3 is 12.6 Å². The smallest absolute Gasteiger partial charge is 0.387 e. The van der Waals surface area contributed by atoms with Crippen LogP contribution in [0, 0.1) is 5.82 Å². The SMILES string of the molecule is O=C(COC(=O)/C=C/c1ccc(OC(F)F)cc1)Nc1ccc(Cl)cc1F. The molecule has 0 heterocycles. The summed E-state index contributed by atoms with van der Waals surface area (Å²) in [5.74, 6) is -2.28. The van der Waals surface area contributed by atoms with Crippen LogP contribution in [0.4, 0.5) is 18.9 Å². The molecule has 0 aliphatic carbocycles. The van der Waals surface area contributed by atoms with Crippen LogP contribution in [0.3, 0.4) is 0 Å². The number of anilines is 1. The number of nitrogens with one attached hydrogen (secondary N) is 1. The van der Waals surface area contributed by atoms with Gasteiger partial charge in [-0.15, -0.1) is 0 Å². The largest absolute Gasteiger partial charge is 0.452 e. The van der Waals surface area contributed by atoms with Gasteiger partial charge in [-0.2, -0.15) is 8.78 Å². The van der Waals surface area contributed by atoms with E-state index in [1.807, 2.05) is 0 Å². The highest BCUT2D eigenvalue weighted by atomic mass is 35.5. The number of esters is 1. The van der Waals surface area contributed by atoms with E-state index in [1.54, 1.807) is 0 Å². The second-order valence-corrected chi connectivity index (χ2v) is 5.50. The fraction of sp³-hybridized carbons (Fsp3) is 0.111. The third-order valence-electron chi connectivity index (χ3n) is 3.07. The van der Waals surface area contributed by atoms with Gasteiger partial charge in [-0.1, -0.05) is 23.7 Å². The molecule has 0 spiro atoms.